The Hall–Kier alpha value is -3.74. The molecule has 2 N–H and O–H groups in total. The molecule has 0 unspecified atom stereocenters. The molecule has 0 aliphatic rings. The summed E-state index contributed by atoms with van der Waals surface area (Å²) in [5.74, 6) is 0.336. The molecule has 27 heavy (non-hydrogen) atoms. The molecule has 2 amide bonds. The Balaban J connectivity index is 1.83. The van der Waals surface area contributed by atoms with E-state index in [1.807, 2.05) is 0 Å². The van der Waals surface area contributed by atoms with Crippen LogP contribution in [0.2, 0.25) is 0 Å². The zero-order valence-electron chi connectivity index (χ0n) is 14.8. The highest BCUT2D eigenvalue weighted by Gasteiger charge is 2.15. The van der Waals surface area contributed by atoms with Gasteiger partial charge in [-0.1, -0.05) is 12.1 Å². The minimum Gasteiger partial charge on any atom is -0.496 e. The molecule has 1 aromatic heterocycles. The lowest BCUT2D eigenvalue weighted by Gasteiger charge is -2.13. The molecule has 0 aliphatic carbocycles. The van der Waals surface area contributed by atoms with Gasteiger partial charge in [0.2, 0.25) is 0 Å². The molecular formula is C20H18N2O5. The minimum atomic E-state index is -0.396. The van der Waals surface area contributed by atoms with Crippen molar-refractivity contribution in [1.29, 1.82) is 0 Å². The normalized spacial score (nSPS) is 10.1. The van der Waals surface area contributed by atoms with Gasteiger partial charge in [-0.15, -0.1) is 0 Å². The Kier molecular flexibility index (Phi) is 5.41. The van der Waals surface area contributed by atoms with Crippen molar-refractivity contribution in [2.75, 3.05) is 24.9 Å². The Bertz CT molecular complexity index is 951. The van der Waals surface area contributed by atoms with E-state index in [4.69, 9.17) is 13.9 Å². The second-order valence-electron chi connectivity index (χ2n) is 5.50. The van der Waals surface area contributed by atoms with Gasteiger partial charge >= 0.3 is 0 Å². The number of benzene rings is 2. The third-order valence-corrected chi connectivity index (χ3v) is 3.80. The Morgan fingerprint density at radius 1 is 0.852 bits per heavy atom. The van der Waals surface area contributed by atoms with Crippen LogP contribution in [0.5, 0.6) is 11.5 Å². The van der Waals surface area contributed by atoms with Crippen molar-refractivity contribution in [3.63, 3.8) is 0 Å². The van der Waals surface area contributed by atoms with E-state index in [0.717, 1.165) is 0 Å². The van der Waals surface area contributed by atoms with E-state index in [1.165, 1.54) is 20.5 Å². The van der Waals surface area contributed by atoms with Crippen molar-refractivity contribution >= 4 is 23.2 Å². The Morgan fingerprint density at radius 3 is 2.33 bits per heavy atom. The van der Waals surface area contributed by atoms with Gasteiger partial charge in [0.05, 0.1) is 31.7 Å². The maximum absolute atomic E-state index is 12.6. The van der Waals surface area contributed by atoms with E-state index in [9.17, 15) is 9.59 Å². The summed E-state index contributed by atoms with van der Waals surface area (Å²) >= 11 is 0. The molecule has 7 nitrogen and oxygen atoms in total. The molecule has 1 heterocycles. The topological polar surface area (TPSA) is 89.8 Å². The van der Waals surface area contributed by atoms with E-state index in [1.54, 1.807) is 54.6 Å². The van der Waals surface area contributed by atoms with Gasteiger partial charge in [-0.05, 0) is 42.5 Å². The fourth-order valence-corrected chi connectivity index (χ4v) is 2.51. The fraction of sp³-hybridized carbons (Fsp3) is 0.100. The molecule has 0 radical (unpaired) electrons. The third kappa shape index (κ3) is 4.09. The van der Waals surface area contributed by atoms with Gasteiger partial charge in [0.25, 0.3) is 11.8 Å². The van der Waals surface area contributed by atoms with E-state index in [-0.39, 0.29) is 11.7 Å². The first-order valence-electron chi connectivity index (χ1n) is 8.09. The number of hydrogen-bond donors (Lipinski definition) is 2. The smallest absolute Gasteiger partial charge is 0.291 e. The minimum absolute atomic E-state index is 0.186. The molecule has 0 saturated heterocycles. The number of carbonyl (C=O) groups is 2. The largest absolute Gasteiger partial charge is 0.496 e. The lowest BCUT2D eigenvalue weighted by Crippen LogP contribution is -2.15. The molecule has 0 saturated carbocycles. The van der Waals surface area contributed by atoms with E-state index >= 15 is 0 Å². The number of methoxy groups -OCH3 is 2. The molecule has 7 heteroatoms. The Morgan fingerprint density at radius 2 is 1.63 bits per heavy atom. The van der Waals surface area contributed by atoms with Crippen LogP contribution in [0.3, 0.4) is 0 Å². The van der Waals surface area contributed by atoms with Gasteiger partial charge in [-0.2, -0.15) is 0 Å². The van der Waals surface area contributed by atoms with Crippen molar-refractivity contribution in [2.24, 2.45) is 0 Å². The summed E-state index contributed by atoms with van der Waals surface area (Å²) < 4.78 is 15.6. The highest BCUT2D eigenvalue weighted by Crippen LogP contribution is 2.29. The molecule has 0 aliphatic heterocycles. The first-order valence-corrected chi connectivity index (χ1v) is 8.09. The van der Waals surface area contributed by atoms with Crippen molar-refractivity contribution in [3.8, 4) is 11.5 Å². The zero-order valence-corrected chi connectivity index (χ0v) is 14.8. The molecule has 138 valence electrons. The standard InChI is InChI=1S/C20H18N2O5/c1-25-16-7-4-3-6-14(16)19(23)22-15-12-13(9-10-17(15)26-2)21-20(24)18-8-5-11-27-18/h3-12H,1-2H3,(H,21,24)(H,22,23). The lowest BCUT2D eigenvalue weighted by atomic mass is 10.1. The highest BCUT2D eigenvalue weighted by atomic mass is 16.5. The molecule has 0 fully saturated rings. The maximum Gasteiger partial charge on any atom is 0.291 e. The van der Waals surface area contributed by atoms with Crippen LogP contribution in [0.25, 0.3) is 0 Å². The van der Waals surface area contributed by atoms with E-state index in [0.29, 0.717) is 28.4 Å². The quantitative estimate of drug-likeness (QED) is 0.692. The number of anilines is 2. The summed E-state index contributed by atoms with van der Waals surface area (Å²) in [7, 11) is 2.99. The average molecular weight is 366 g/mol. The predicted molar refractivity (Wildman–Crippen MR) is 101 cm³/mol. The first-order chi connectivity index (χ1) is 13.1. The summed E-state index contributed by atoms with van der Waals surface area (Å²) in [6, 6.07) is 15.0. The van der Waals surface area contributed by atoms with Crippen LogP contribution in [-0.2, 0) is 0 Å². The van der Waals surface area contributed by atoms with Crippen LogP contribution in [-0.4, -0.2) is 26.0 Å². The molecule has 0 bridgehead atoms. The number of carbonyl (C=O) groups excluding carboxylic acids is 2. The SMILES string of the molecule is COc1ccc(NC(=O)c2ccco2)cc1NC(=O)c1ccccc1OC. The molecule has 0 atom stereocenters. The fourth-order valence-electron chi connectivity index (χ4n) is 2.51. The second-order valence-corrected chi connectivity index (χ2v) is 5.50. The molecular weight excluding hydrogens is 348 g/mol. The van der Waals surface area contributed by atoms with Crippen LogP contribution in [0.1, 0.15) is 20.9 Å². The van der Waals surface area contributed by atoms with Crippen molar-refractivity contribution < 1.29 is 23.5 Å². The van der Waals surface area contributed by atoms with Crippen LogP contribution in [0.4, 0.5) is 11.4 Å². The molecule has 0 spiro atoms. The number of nitrogens with one attached hydrogen (secondary N) is 2. The van der Waals surface area contributed by atoms with Gasteiger partial charge in [0, 0.05) is 5.69 Å². The van der Waals surface area contributed by atoms with Gasteiger partial charge in [0.1, 0.15) is 11.5 Å². The van der Waals surface area contributed by atoms with Gasteiger partial charge in [-0.3, -0.25) is 9.59 Å². The third-order valence-electron chi connectivity index (χ3n) is 3.80. The van der Waals surface area contributed by atoms with Crippen LogP contribution >= 0.6 is 0 Å². The van der Waals surface area contributed by atoms with Gasteiger partial charge < -0.3 is 24.5 Å². The summed E-state index contributed by atoms with van der Waals surface area (Å²) in [6.45, 7) is 0. The Labute approximate surface area is 155 Å². The van der Waals surface area contributed by atoms with Crippen LogP contribution < -0.4 is 20.1 Å². The number of ether oxygens (including phenoxy) is 2. The van der Waals surface area contributed by atoms with E-state index < -0.39 is 5.91 Å². The van der Waals surface area contributed by atoms with Crippen molar-refractivity contribution in [3.05, 3.63) is 72.2 Å². The number of amides is 2. The average Bonchev–Trinajstić information content (AvgIpc) is 3.23. The van der Waals surface area contributed by atoms with Crippen molar-refractivity contribution in [1.82, 2.24) is 0 Å². The van der Waals surface area contributed by atoms with Crippen molar-refractivity contribution in [2.45, 2.75) is 0 Å². The number of rotatable bonds is 6. The predicted octanol–water partition coefficient (Wildman–Crippen LogP) is 3.80. The van der Waals surface area contributed by atoms with Crippen LogP contribution in [0, 0.1) is 0 Å². The highest BCUT2D eigenvalue weighted by molar-refractivity contribution is 6.08. The number of hydrogen-bond acceptors (Lipinski definition) is 5. The zero-order chi connectivity index (χ0) is 19.2. The van der Waals surface area contributed by atoms with E-state index in [2.05, 4.69) is 10.6 Å². The monoisotopic (exact) mass is 366 g/mol. The number of furan rings is 1. The summed E-state index contributed by atoms with van der Waals surface area (Å²) in [5.41, 5.74) is 1.27. The molecule has 3 aromatic rings. The van der Waals surface area contributed by atoms with Gasteiger partial charge in [0.15, 0.2) is 5.76 Å². The lowest BCUT2D eigenvalue weighted by molar-refractivity contribution is 0.0994. The molecule has 2 aromatic carbocycles. The second kappa shape index (κ2) is 8.09. The summed E-state index contributed by atoms with van der Waals surface area (Å²) in [6.07, 6.45) is 1.42. The molecule has 3 rings (SSSR count). The maximum atomic E-state index is 12.6. The van der Waals surface area contributed by atoms with Gasteiger partial charge in [-0.25, -0.2) is 0 Å². The number of para-hydroxylation sites is 1. The summed E-state index contributed by atoms with van der Waals surface area (Å²) in [5, 5.41) is 5.49. The van der Waals surface area contributed by atoms with Crippen LogP contribution in [0.15, 0.2) is 65.3 Å². The first kappa shape index (κ1) is 18.1. The summed E-state index contributed by atoms with van der Waals surface area (Å²) in [4.78, 5) is 24.8.